The molecule has 0 N–H and O–H groups in total. The van der Waals surface area contributed by atoms with Gasteiger partial charge in [-0.25, -0.2) is 17.7 Å². The molecule has 0 aromatic carbocycles. The quantitative estimate of drug-likeness (QED) is 0.372. The normalized spacial score (nSPS) is 17.5. The van der Waals surface area contributed by atoms with E-state index < -0.39 is 0 Å². The van der Waals surface area contributed by atoms with E-state index >= 15 is 0 Å². The average molecular weight is 410 g/mol. The molecule has 1 unspecified atom stereocenters. The van der Waals surface area contributed by atoms with Crippen molar-refractivity contribution in [2.24, 2.45) is 5.92 Å². The second-order valence-electron chi connectivity index (χ2n) is 4.38. The molecular weight excluding hydrogens is 382 g/mol. The Morgan fingerprint density at radius 2 is 1.65 bits per heavy atom. The van der Waals surface area contributed by atoms with Gasteiger partial charge in [-0.2, -0.15) is 17.2 Å². The van der Waals surface area contributed by atoms with Crippen molar-refractivity contribution < 1.29 is 26.2 Å². The molecule has 1 atom stereocenters. The van der Waals surface area contributed by atoms with E-state index in [0.717, 1.165) is 15.9 Å². The fourth-order valence-corrected chi connectivity index (χ4v) is 1.50. The molecule has 0 amide bonds. The third kappa shape index (κ3) is 12.4. The minimum Gasteiger partial charge on any atom is -0.273 e. The van der Waals surface area contributed by atoms with Crippen molar-refractivity contribution in [2.45, 2.75) is 47.2 Å². The van der Waals surface area contributed by atoms with Gasteiger partial charge in [-0.15, -0.1) is 38.2 Å². The van der Waals surface area contributed by atoms with Crippen LogP contribution in [0.4, 0.5) is 0 Å². The van der Waals surface area contributed by atoms with Gasteiger partial charge in [-0.05, 0) is 0 Å². The number of hydrogen-bond donors (Lipinski definition) is 0. The maximum Gasteiger partial charge on any atom is 2.00 e. The second kappa shape index (κ2) is 17.7. The first kappa shape index (κ1) is 28.8. The third-order valence-corrected chi connectivity index (χ3v) is 2.82. The number of rotatable bonds is 0. The van der Waals surface area contributed by atoms with E-state index in [4.69, 9.17) is 0 Å². The summed E-state index contributed by atoms with van der Waals surface area (Å²) in [5, 5.41) is 0. The third-order valence-electron chi connectivity index (χ3n) is 2.82. The summed E-state index contributed by atoms with van der Waals surface area (Å²) in [5.41, 5.74) is 4.25. The molecule has 0 heterocycles. The summed E-state index contributed by atoms with van der Waals surface area (Å²) in [5.74, 6) is 0.560. The van der Waals surface area contributed by atoms with Crippen molar-refractivity contribution in [1.29, 1.82) is 0 Å². The van der Waals surface area contributed by atoms with Crippen LogP contribution in [0.25, 0.3) is 0 Å². The molecule has 0 saturated heterocycles. The van der Waals surface area contributed by atoms with Crippen molar-refractivity contribution in [1.82, 2.24) is 0 Å². The Bertz CT molecular complexity index is 334. The molecule has 0 aromatic heterocycles. The number of hydrogen-bond acceptors (Lipinski definition) is 0. The first-order chi connectivity index (χ1) is 8.04. The van der Waals surface area contributed by atoms with Gasteiger partial charge in [0.25, 0.3) is 0 Å². The molecule has 0 aromatic rings. The first-order valence-electron chi connectivity index (χ1n) is 6.28. The van der Waals surface area contributed by atoms with Gasteiger partial charge in [0.1, 0.15) is 0 Å². The maximum absolute atomic E-state index is 3.36. The van der Waals surface area contributed by atoms with E-state index in [2.05, 4.69) is 59.0 Å². The van der Waals surface area contributed by atoms with E-state index in [1.807, 2.05) is 12.2 Å². The summed E-state index contributed by atoms with van der Waals surface area (Å²) in [6.07, 6.45) is 13.4. The van der Waals surface area contributed by atoms with Crippen LogP contribution in [0.1, 0.15) is 34.1 Å². The molecule has 0 fully saturated rings. The summed E-state index contributed by atoms with van der Waals surface area (Å²) in [7, 11) is 0.750. The molecule has 0 saturated carbocycles. The molecule has 0 spiro atoms. The van der Waals surface area contributed by atoms with Gasteiger partial charge in [-0.3, -0.25) is 12.2 Å². The van der Waals surface area contributed by atoms with Crippen LogP contribution in [0.15, 0.2) is 34.9 Å². The molecule has 0 aliphatic heterocycles. The van der Waals surface area contributed by atoms with Crippen LogP contribution >= 0.6 is 24.8 Å². The Labute approximate surface area is 160 Å². The van der Waals surface area contributed by atoms with Gasteiger partial charge in [-0.1, -0.05) is 39.8 Å². The topological polar surface area (TPSA) is 0 Å². The van der Waals surface area contributed by atoms with Gasteiger partial charge in [0.05, 0.1) is 0 Å². The molecular formula is C16H27Cl2SiZr. The predicted molar refractivity (Wildman–Crippen MR) is 94.9 cm³/mol. The maximum atomic E-state index is 3.36. The largest absolute Gasteiger partial charge is 2.00 e. The summed E-state index contributed by atoms with van der Waals surface area (Å²) < 4.78 is 0. The van der Waals surface area contributed by atoms with E-state index in [1.165, 1.54) is 16.7 Å². The summed E-state index contributed by atoms with van der Waals surface area (Å²) in [4.78, 5) is 0. The monoisotopic (exact) mass is 407 g/mol. The van der Waals surface area contributed by atoms with E-state index in [0.29, 0.717) is 5.92 Å². The SMILES string of the molecule is CC1=[C-]C(C)C(C)=C1C.C[SiH]C.Cl.Cl.[C-]1=CC=CC1.[Zr+2]. The molecule has 0 bridgehead atoms. The van der Waals surface area contributed by atoms with Gasteiger partial charge in [0.15, 0.2) is 0 Å². The zero-order valence-electron chi connectivity index (χ0n) is 13.4. The van der Waals surface area contributed by atoms with Crippen LogP contribution in [0.2, 0.25) is 13.1 Å². The van der Waals surface area contributed by atoms with E-state index in [9.17, 15) is 0 Å². The van der Waals surface area contributed by atoms with Crippen molar-refractivity contribution in [3.05, 3.63) is 47.1 Å². The molecule has 1 radical (unpaired) electrons. The minimum atomic E-state index is 0. The molecule has 2 aliphatic carbocycles. The van der Waals surface area contributed by atoms with Crippen LogP contribution in [-0.4, -0.2) is 9.52 Å². The van der Waals surface area contributed by atoms with Crippen LogP contribution in [-0.2, 0) is 26.2 Å². The smallest absolute Gasteiger partial charge is 0.273 e. The summed E-state index contributed by atoms with van der Waals surface area (Å²) >= 11 is 0. The van der Waals surface area contributed by atoms with Crippen LogP contribution in [0.3, 0.4) is 0 Å². The molecule has 20 heavy (non-hydrogen) atoms. The van der Waals surface area contributed by atoms with Crippen molar-refractivity contribution in [3.8, 4) is 0 Å². The Morgan fingerprint density at radius 3 is 1.75 bits per heavy atom. The number of allylic oxidation sites excluding steroid dienone is 8. The Balaban J connectivity index is -0.000000102. The van der Waals surface area contributed by atoms with Crippen molar-refractivity contribution >= 4 is 34.3 Å². The molecule has 0 nitrogen and oxygen atoms in total. The van der Waals surface area contributed by atoms with Crippen LogP contribution in [0, 0.1) is 18.1 Å². The summed E-state index contributed by atoms with van der Waals surface area (Å²) in [6.45, 7) is 13.1. The van der Waals surface area contributed by atoms with Gasteiger partial charge >= 0.3 is 26.2 Å². The average Bonchev–Trinajstić information content (AvgIpc) is 2.91. The standard InChI is InChI=1S/C9H13.C5H5.C2H7Si.2ClH.Zr/c1-6-5-7(2)9(4)8(6)3;1-2-4-5-3-1;1-3-2;;;/h6H,1-4H3;1-3H,4H2;3H,1-2H3;2*1H;/q2*-1;;;;+2. The van der Waals surface area contributed by atoms with Crippen LogP contribution < -0.4 is 0 Å². The van der Waals surface area contributed by atoms with E-state index in [1.54, 1.807) is 0 Å². The summed E-state index contributed by atoms with van der Waals surface area (Å²) in [6, 6.07) is 0. The van der Waals surface area contributed by atoms with Crippen molar-refractivity contribution in [3.63, 3.8) is 0 Å². The van der Waals surface area contributed by atoms with E-state index in [-0.39, 0.29) is 51.0 Å². The molecule has 4 heteroatoms. The minimum absolute atomic E-state index is 0. The molecule has 113 valence electrons. The predicted octanol–water partition coefficient (Wildman–Crippen LogP) is 5.39. The molecule has 2 rings (SSSR count). The fraction of sp³-hybridized carbons (Fsp3) is 0.500. The Kier molecular flexibility index (Phi) is 25.4. The van der Waals surface area contributed by atoms with Gasteiger partial charge < -0.3 is 0 Å². The Morgan fingerprint density at radius 1 is 1.15 bits per heavy atom. The van der Waals surface area contributed by atoms with Crippen LogP contribution in [0.5, 0.6) is 0 Å². The molecule has 2 aliphatic rings. The second-order valence-corrected chi connectivity index (χ2v) is 5.53. The number of halogens is 2. The Hall–Kier alpha value is 0.640. The van der Waals surface area contributed by atoms with Gasteiger partial charge in [0, 0.05) is 9.52 Å². The first-order valence-corrected chi connectivity index (χ1v) is 8.59. The van der Waals surface area contributed by atoms with Crippen molar-refractivity contribution in [2.75, 3.05) is 0 Å². The van der Waals surface area contributed by atoms with Gasteiger partial charge in [0.2, 0.25) is 0 Å². The fourth-order valence-electron chi connectivity index (χ4n) is 1.50. The zero-order valence-corrected chi connectivity index (χ0v) is 18.7. The zero-order chi connectivity index (χ0) is 13.3.